The minimum absolute atomic E-state index is 0.0980. The number of carbonyl (C=O) groups is 2. The van der Waals surface area contributed by atoms with Gasteiger partial charge in [-0.2, -0.15) is 0 Å². The topological polar surface area (TPSA) is 74.7 Å². The molecule has 0 bridgehead atoms. The minimum Gasteiger partial charge on any atom is -0.490 e. The Kier molecular flexibility index (Phi) is 5.53. The second kappa shape index (κ2) is 8.40. The highest BCUT2D eigenvalue weighted by Crippen LogP contribution is 2.30. The zero-order chi connectivity index (χ0) is 20.2. The van der Waals surface area contributed by atoms with E-state index in [1.54, 1.807) is 35.7 Å². The molecular weight excluding hydrogens is 397 g/mol. The molecule has 1 aliphatic rings. The van der Waals surface area contributed by atoms with E-state index < -0.39 is 12.6 Å². The van der Waals surface area contributed by atoms with Crippen LogP contribution >= 0.6 is 11.3 Å². The van der Waals surface area contributed by atoms with Crippen LogP contribution < -0.4 is 9.47 Å². The van der Waals surface area contributed by atoms with E-state index >= 15 is 0 Å². The van der Waals surface area contributed by atoms with Gasteiger partial charge in [-0.15, -0.1) is 11.3 Å². The first-order chi connectivity index (χ1) is 14.1. The molecule has 1 aliphatic heterocycles. The van der Waals surface area contributed by atoms with Crippen molar-refractivity contribution in [3.05, 3.63) is 64.9 Å². The Morgan fingerprint density at radius 1 is 1.07 bits per heavy atom. The summed E-state index contributed by atoms with van der Waals surface area (Å²) >= 11 is 1.24. The van der Waals surface area contributed by atoms with E-state index in [1.165, 1.54) is 23.5 Å². The van der Waals surface area contributed by atoms with Crippen molar-refractivity contribution in [1.82, 2.24) is 4.98 Å². The molecular formula is C21H16FNO5S. The number of rotatable bonds is 5. The van der Waals surface area contributed by atoms with Crippen molar-refractivity contribution in [2.75, 3.05) is 19.8 Å². The van der Waals surface area contributed by atoms with E-state index in [2.05, 4.69) is 4.98 Å². The van der Waals surface area contributed by atoms with Crippen LogP contribution in [0.15, 0.2) is 47.8 Å². The zero-order valence-electron chi connectivity index (χ0n) is 15.2. The van der Waals surface area contributed by atoms with Gasteiger partial charge in [0.1, 0.15) is 10.8 Å². The largest absolute Gasteiger partial charge is 0.490 e. The summed E-state index contributed by atoms with van der Waals surface area (Å²) in [5.41, 5.74) is 1.16. The number of carbonyl (C=O) groups excluding carboxylic acids is 2. The first-order valence-corrected chi connectivity index (χ1v) is 9.79. The summed E-state index contributed by atoms with van der Waals surface area (Å²) in [6.45, 7) is 0.660. The van der Waals surface area contributed by atoms with Gasteiger partial charge in [-0.05, 0) is 42.5 Å². The third-order valence-electron chi connectivity index (χ3n) is 4.21. The summed E-state index contributed by atoms with van der Waals surface area (Å²) in [7, 11) is 0. The molecule has 0 saturated heterocycles. The zero-order valence-corrected chi connectivity index (χ0v) is 16.0. The standard InChI is InChI=1S/C21H16FNO5S/c22-15-5-2-13(3-6-15)20-23-16(12-29-20)21(25)28-11-17(24)14-4-7-18-19(10-14)27-9-1-8-26-18/h2-7,10,12H,1,8-9,11H2. The average Bonchev–Trinajstić information content (AvgIpc) is 3.11. The molecule has 29 heavy (non-hydrogen) atoms. The Hall–Kier alpha value is -3.26. The lowest BCUT2D eigenvalue weighted by atomic mass is 10.1. The lowest BCUT2D eigenvalue weighted by Crippen LogP contribution is -2.14. The van der Waals surface area contributed by atoms with Crippen LogP contribution in [0, 0.1) is 5.82 Å². The van der Waals surface area contributed by atoms with E-state index in [-0.39, 0.29) is 17.3 Å². The molecule has 2 heterocycles. The Morgan fingerprint density at radius 2 is 1.83 bits per heavy atom. The first kappa shape index (κ1) is 19.1. The second-order valence-corrected chi connectivity index (χ2v) is 7.11. The van der Waals surface area contributed by atoms with Crippen LogP contribution in [0.2, 0.25) is 0 Å². The maximum absolute atomic E-state index is 13.0. The van der Waals surface area contributed by atoms with Gasteiger partial charge in [0, 0.05) is 22.9 Å². The van der Waals surface area contributed by atoms with Gasteiger partial charge in [-0.3, -0.25) is 4.79 Å². The number of hydrogen-bond donors (Lipinski definition) is 0. The highest BCUT2D eigenvalue weighted by Gasteiger charge is 2.18. The van der Waals surface area contributed by atoms with Gasteiger partial charge < -0.3 is 14.2 Å². The molecule has 0 unspecified atom stereocenters. The summed E-state index contributed by atoms with van der Waals surface area (Å²) in [6, 6.07) is 10.7. The van der Waals surface area contributed by atoms with Gasteiger partial charge in [-0.1, -0.05) is 0 Å². The lowest BCUT2D eigenvalue weighted by Gasteiger charge is -2.09. The van der Waals surface area contributed by atoms with Gasteiger partial charge in [0.25, 0.3) is 0 Å². The van der Waals surface area contributed by atoms with E-state index in [0.29, 0.717) is 40.8 Å². The minimum atomic E-state index is -0.697. The first-order valence-electron chi connectivity index (χ1n) is 8.91. The van der Waals surface area contributed by atoms with E-state index in [4.69, 9.17) is 14.2 Å². The van der Waals surface area contributed by atoms with Crippen LogP contribution in [0.1, 0.15) is 27.3 Å². The summed E-state index contributed by atoms with van der Waals surface area (Å²) in [5.74, 6) is -0.312. The van der Waals surface area contributed by atoms with Gasteiger partial charge in [0.05, 0.1) is 13.2 Å². The highest BCUT2D eigenvalue weighted by molar-refractivity contribution is 7.13. The molecule has 2 aromatic carbocycles. The summed E-state index contributed by atoms with van der Waals surface area (Å²) in [4.78, 5) is 28.8. The molecule has 8 heteroatoms. The van der Waals surface area contributed by atoms with Crippen molar-refractivity contribution in [2.24, 2.45) is 0 Å². The molecule has 0 spiro atoms. The number of aromatic nitrogens is 1. The van der Waals surface area contributed by atoms with Crippen LogP contribution in [0.5, 0.6) is 11.5 Å². The molecule has 0 fully saturated rings. The maximum atomic E-state index is 13.0. The van der Waals surface area contributed by atoms with Crippen LogP contribution in [-0.2, 0) is 4.74 Å². The van der Waals surface area contributed by atoms with Crippen molar-refractivity contribution >= 4 is 23.1 Å². The Labute approximate surface area is 169 Å². The van der Waals surface area contributed by atoms with Gasteiger partial charge in [0.15, 0.2) is 29.6 Å². The number of ketones is 1. The molecule has 0 saturated carbocycles. The number of nitrogens with zero attached hydrogens (tertiary/aromatic N) is 1. The van der Waals surface area contributed by atoms with E-state index in [0.717, 1.165) is 6.42 Å². The number of Topliss-reactive ketones (excluding diaryl/α,β-unsaturated/α-hetero) is 1. The fraction of sp³-hybridized carbons (Fsp3) is 0.190. The van der Waals surface area contributed by atoms with Crippen molar-refractivity contribution < 1.29 is 28.2 Å². The number of hydrogen-bond acceptors (Lipinski definition) is 7. The van der Waals surface area contributed by atoms with Gasteiger partial charge >= 0.3 is 5.97 Å². The second-order valence-electron chi connectivity index (χ2n) is 6.26. The molecule has 0 aliphatic carbocycles. The van der Waals surface area contributed by atoms with Crippen LogP contribution in [-0.4, -0.2) is 36.6 Å². The smallest absolute Gasteiger partial charge is 0.358 e. The van der Waals surface area contributed by atoms with Crippen LogP contribution in [0.25, 0.3) is 10.6 Å². The van der Waals surface area contributed by atoms with E-state index in [1.807, 2.05) is 0 Å². The van der Waals surface area contributed by atoms with Crippen molar-refractivity contribution in [1.29, 1.82) is 0 Å². The van der Waals surface area contributed by atoms with Gasteiger partial charge in [-0.25, -0.2) is 14.2 Å². The molecule has 0 amide bonds. The quantitative estimate of drug-likeness (QED) is 0.462. The number of benzene rings is 2. The summed E-state index contributed by atoms with van der Waals surface area (Å²) in [5, 5.41) is 2.10. The Bertz CT molecular complexity index is 1050. The Balaban J connectivity index is 1.39. The summed E-state index contributed by atoms with van der Waals surface area (Å²) in [6.07, 6.45) is 0.767. The predicted octanol–water partition coefficient (Wildman–Crippen LogP) is 4.15. The fourth-order valence-electron chi connectivity index (χ4n) is 2.72. The highest BCUT2D eigenvalue weighted by atomic mass is 32.1. The van der Waals surface area contributed by atoms with Crippen LogP contribution in [0.3, 0.4) is 0 Å². The summed E-state index contributed by atoms with van der Waals surface area (Å²) < 4.78 is 29.2. The molecule has 1 aromatic heterocycles. The molecule has 4 rings (SSSR count). The normalized spacial score (nSPS) is 12.9. The maximum Gasteiger partial charge on any atom is 0.358 e. The molecule has 0 radical (unpaired) electrons. The van der Waals surface area contributed by atoms with Crippen molar-refractivity contribution in [3.8, 4) is 22.1 Å². The third-order valence-corrected chi connectivity index (χ3v) is 5.10. The SMILES string of the molecule is O=C(COC(=O)c1csc(-c2ccc(F)cc2)n1)c1ccc2c(c1)OCCCO2. The molecule has 0 N–H and O–H groups in total. The number of halogens is 1. The average molecular weight is 413 g/mol. The lowest BCUT2D eigenvalue weighted by molar-refractivity contribution is 0.0470. The number of ether oxygens (including phenoxy) is 3. The van der Waals surface area contributed by atoms with Crippen molar-refractivity contribution in [3.63, 3.8) is 0 Å². The number of thiazole rings is 1. The predicted molar refractivity (Wildman–Crippen MR) is 104 cm³/mol. The fourth-order valence-corrected chi connectivity index (χ4v) is 3.51. The van der Waals surface area contributed by atoms with E-state index in [9.17, 15) is 14.0 Å². The molecule has 0 atom stereocenters. The number of esters is 1. The van der Waals surface area contributed by atoms with Gasteiger partial charge in [0.2, 0.25) is 0 Å². The number of fused-ring (bicyclic) bond motifs is 1. The monoisotopic (exact) mass is 413 g/mol. The molecule has 6 nitrogen and oxygen atoms in total. The third kappa shape index (κ3) is 4.43. The van der Waals surface area contributed by atoms with Crippen LogP contribution in [0.4, 0.5) is 4.39 Å². The molecule has 148 valence electrons. The van der Waals surface area contributed by atoms with Crippen molar-refractivity contribution in [2.45, 2.75) is 6.42 Å². The Morgan fingerprint density at radius 3 is 2.62 bits per heavy atom. The molecule has 3 aromatic rings.